The molecule has 18 heavy (non-hydrogen) atoms. The van der Waals surface area contributed by atoms with Crippen LogP contribution in [0.3, 0.4) is 0 Å². The van der Waals surface area contributed by atoms with Crippen LogP contribution in [0.5, 0.6) is 5.75 Å². The molecule has 2 nitrogen and oxygen atoms in total. The molecule has 0 spiro atoms. The molecule has 0 aliphatic rings. The summed E-state index contributed by atoms with van der Waals surface area (Å²) in [5.74, 6) is 0.955. The van der Waals surface area contributed by atoms with E-state index in [1.165, 1.54) is 29.2 Å². The van der Waals surface area contributed by atoms with E-state index in [0.717, 1.165) is 25.1 Å². The number of ether oxygens (including phenoxy) is 1. The molecule has 0 atom stereocenters. The predicted octanol–water partition coefficient (Wildman–Crippen LogP) is 3.52. The molecule has 0 amide bonds. The molecule has 2 aromatic rings. The molecule has 0 saturated heterocycles. The first kappa shape index (κ1) is 12.9. The fraction of sp³-hybridized carbons (Fsp3) is 0.375. The molecule has 0 saturated carbocycles. The highest BCUT2D eigenvalue weighted by atomic mass is 16.5. The molecule has 0 heterocycles. The van der Waals surface area contributed by atoms with Gasteiger partial charge in [-0.15, -0.1) is 0 Å². The maximum absolute atomic E-state index is 5.52. The van der Waals surface area contributed by atoms with Gasteiger partial charge in [-0.3, -0.25) is 0 Å². The summed E-state index contributed by atoms with van der Waals surface area (Å²) < 4.78 is 5.41. The fourth-order valence-electron chi connectivity index (χ4n) is 2.37. The van der Waals surface area contributed by atoms with Crippen LogP contribution in [0.25, 0.3) is 10.8 Å². The molecule has 0 radical (unpaired) electrons. The van der Waals surface area contributed by atoms with Crippen LogP contribution in [0, 0.1) is 0 Å². The van der Waals surface area contributed by atoms with Gasteiger partial charge in [0.15, 0.2) is 0 Å². The second kappa shape index (κ2) is 6.41. The lowest BCUT2D eigenvalue weighted by atomic mass is 9.99. The highest BCUT2D eigenvalue weighted by Gasteiger charge is 2.05. The Hall–Kier alpha value is -1.54. The van der Waals surface area contributed by atoms with Gasteiger partial charge in [-0.05, 0) is 42.8 Å². The molecule has 2 heteroatoms. The van der Waals surface area contributed by atoms with E-state index in [9.17, 15) is 0 Å². The van der Waals surface area contributed by atoms with E-state index in [2.05, 4.69) is 36.4 Å². The first-order valence-corrected chi connectivity index (χ1v) is 6.61. The first-order valence-electron chi connectivity index (χ1n) is 6.61. The van der Waals surface area contributed by atoms with Gasteiger partial charge in [0, 0.05) is 5.39 Å². The Balaban J connectivity index is 2.23. The number of nitrogens with two attached hydrogens (primary N) is 1. The fourth-order valence-corrected chi connectivity index (χ4v) is 2.37. The summed E-state index contributed by atoms with van der Waals surface area (Å²) in [4.78, 5) is 0. The third-order valence-electron chi connectivity index (χ3n) is 3.34. The summed E-state index contributed by atoms with van der Waals surface area (Å²) in [6.07, 6.45) is 4.64. The van der Waals surface area contributed by atoms with Crippen LogP contribution in [-0.4, -0.2) is 13.7 Å². The summed E-state index contributed by atoms with van der Waals surface area (Å²) in [5, 5.41) is 2.51. The van der Waals surface area contributed by atoms with Crippen LogP contribution < -0.4 is 10.5 Å². The standard InChI is InChI=1S/C16H21NO/c1-18-16-11-10-13(7-3-2-6-12-17)14-8-4-5-9-15(14)16/h4-5,8-11H,2-3,6-7,12,17H2,1H3. The Morgan fingerprint density at radius 2 is 1.72 bits per heavy atom. The molecule has 0 aliphatic heterocycles. The van der Waals surface area contributed by atoms with Crippen molar-refractivity contribution in [3.63, 3.8) is 0 Å². The van der Waals surface area contributed by atoms with Crippen molar-refractivity contribution in [2.75, 3.05) is 13.7 Å². The Kier molecular flexibility index (Phi) is 4.59. The average Bonchev–Trinajstić information content (AvgIpc) is 2.43. The number of benzene rings is 2. The van der Waals surface area contributed by atoms with Crippen LogP contribution in [0.4, 0.5) is 0 Å². The lowest BCUT2D eigenvalue weighted by Gasteiger charge is -2.10. The average molecular weight is 243 g/mol. The number of unbranched alkanes of at least 4 members (excludes halogenated alkanes) is 2. The maximum atomic E-state index is 5.52. The third-order valence-corrected chi connectivity index (χ3v) is 3.34. The van der Waals surface area contributed by atoms with Crippen molar-refractivity contribution in [1.29, 1.82) is 0 Å². The van der Waals surface area contributed by atoms with E-state index in [-0.39, 0.29) is 0 Å². The van der Waals surface area contributed by atoms with Gasteiger partial charge >= 0.3 is 0 Å². The molecule has 2 N–H and O–H groups in total. The number of rotatable bonds is 6. The van der Waals surface area contributed by atoms with Gasteiger partial charge in [0.2, 0.25) is 0 Å². The quantitative estimate of drug-likeness (QED) is 0.788. The molecule has 2 rings (SSSR count). The Bertz CT molecular complexity index is 507. The zero-order valence-electron chi connectivity index (χ0n) is 11.0. The van der Waals surface area contributed by atoms with Crippen LogP contribution in [0.2, 0.25) is 0 Å². The third kappa shape index (κ3) is 2.82. The molecular weight excluding hydrogens is 222 g/mol. The zero-order chi connectivity index (χ0) is 12.8. The van der Waals surface area contributed by atoms with E-state index >= 15 is 0 Å². The number of aryl methyl sites for hydroxylation is 1. The summed E-state index contributed by atoms with van der Waals surface area (Å²) >= 11 is 0. The minimum atomic E-state index is 0.795. The van der Waals surface area contributed by atoms with Crippen molar-refractivity contribution in [2.24, 2.45) is 5.73 Å². The van der Waals surface area contributed by atoms with Gasteiger partial charge in [-0.2, -0.15) is 0 Å². The zero-order valence-corrected chi connectivity index (χ0v) is 11.0. The summed E-state index contributed by atoms with van der Waals surface area (Å²) in [6.45, 7) is 0.795. The molecule has 0 unspecified atom stereocenters. The van der Waals surface area contributed by atoms with Gasteiger partial charge in [0.25, 0.3) is 0 Å². The lowest BCUT2D eigenvalue weighted by Crippen LogP contribution is -1.98. The monoisotopic (exact) mass is 243 g/mol. The minimum Gasteiger partial charge on any atom is -0.496 e. The summed E-state index contributed by atoms with van der Waals surface area (Å²) in [5.41, 5.74) is 6.93. The summed E-state index contributed by atoms with van der Waals surface area (Å²) in [6, 6.07) is 12.7. The Labute approximate surface area is 109 Å². The number of hydrogen-bond donors (Lipinski definition) is 1. The second-order valence-electron chi connectivity index (χ2n) is 4.57. The topological polar surface area (TPSA) is 35.2 Å². The number of methoxy groups -OCH3 is 1. The van der Waals surface area contributed by atoms with E-state index in [1.807, 2.05) is 0 Å². The van der Waals surface area contributed by atoms with Gasteiger partial charge in [0.05, 0.1) is 7.11 Å². The Morgan fingerprint density at radius 1 is 0.944 bits per heavy atom. The van der Waals surface area contributed by atoms with E-state index in [4.69, 9.17) is 10.5 Å². The second-order valence-corrected chi connectivity index (χ2v) is 4.57. The van der Waals surface area contributed by atoms with Crippen molar-refractivity contribution < 1.29 is 4.74 Å². The highest BCUT2D eigenvalue weighted by molar-refractivity contribution is 5.91. The van der Waals surface area contributed by atoms with Gasteiger partial charge < -0.3 is 10.5 Å². The van der Waals surface area contributed by atoms with Gasteiger partial charge in [-0.25, -0.2) is 0 Å². The largest absolute Gasteiger partial charge is 0.496 e. The van der Waals surface area contributed by atoms with Gasteiger partial charge in [-0.1, -0.05) is 36.8 Å². The molecule has 0 aliphatic carbocycles. The smallest absolute Gasteiger partial charge is 0.126 e. The lowest BCUT2D eigenvalue weighted by molar-refractivity contribution is 0.419. The molecule has 0 bridgehead atoms. The van der Waals surface area contributed by atoms with Crippen LogP contribution in [0.15, 0.2) is 36.4 Å². The van der Waals surface area contributed by atoms with Crippen LogP contribution in [0.1, 0.15) is 24.8 Å². The van der Waals surface area contributed by atoms with Crippen LogP contribution >= 0.6 is 0 Å². The minimum absolute atomic E-state index is 0.795. The predicted molar refractivity (Wildman–Crippen MR) is 77.1 cm³/mol. The van der Waals surface area contributed by atoms with Crippen molar-refractivity contribution in [3.8, 4) is 5.75 Å². The van der Waals surface area contributed by atoms with E-state index in [1.54, 1.807) is 7.11 Å². The number of fused-ring (bicyclic) bond motifs is 1. The molecule has 0 aromatic heterocycles. The normalized spacial score (nSPS) is 10.8. The number of hydrogen-bond acceptors (Lipinski definition) is 2. The van der Waals surface area contributed by atoms with E-state index in [0.29, 0.717) is 0 Å². The maximum Gasteiger partial charge on any atom is 0.126 e. The van der Waals surface area contributed by atoms with E-state index < -0.39 is 0 Å². The van der Waals surface area contributed by atoms with Crippen molar-refractivity contribution in [2.45, 2.75) is 25.7 Å². The molecule has 2 aromatic carbocycles. The molecule has 96 valence electrons. The van der Waals surface area contributed by atoms with Crippen LogP contribution in [-0.2, 0) is 6.42 Å². The van der Waals surface area contributed by atoms with Crippen molar-refractivity contribution >= 4 is 10.8 Å². The van der Waals surface area contributed by atoms with Gasteiger partial charge in [0.1, 0.15) is 5.75 Å². The molecule has 0 fully saturated rings. The van der Waals surface area contributed by atoms with Crippen molar-refractivity contribution in [3.05, 3.63) is 42.0 Å². The van der Waals surface area contributed by atoms with Crippen molar-refractivity contribution in [1.82, 2.24) is 0 Å². The Morgan fingerprint density at radius 3 is 2.44 bits per heavy atom. The first-order chi connectivity index (χ1) is 8.86. The molecular formula is C16H21NO. The SMILES string of the molecule is COc1ccc(CCCCCN)c2ccccc12. The highest BCUT2D eigenvalue weighted by Crippen LogP contribution is 2.29. The summed E-state index contributed by atoms with van der Waals surface area (Å²) in [7, 11) is 1.72.